The molecule has 1 amide bonds. The Balaban J connectivity index is 0.00000625. The van der Waals surface area contributed by atoms with Gasteiger partial charge in [-0.25, -0.2) is 4.79 Å². The molecule has 0 heterocycles. The number of carboxylic acid groups (broad SMARTS) is 1. The molecule has 0 aromatic heterocycles. The molecule has 1 aromatic rings. The quantitative estimate of drug-likeness (QED) is 0.620. The van der Waals surface area contributed by atoms with E-state index >= 15 is 0 Å². The monoisotopic (exact) mass is 391 g/mol. The van der Waals surface area contributed by atoms with E-state index < -0.39 is 29.5 Å². The second-order valence-electron chi connectivity index (χ2n) is 6.80. The summed E-state index contributed by atoms with van der Waals surface area (Å²) in [5.41, 5.74) is -0.0789. The van der Waals surface area contributed by atoms with Gasteiger partial charge in [0.15, 0.2) is 11.9 Å². The van der Waals surface area contributed by atoms with Crippen molar-refractivity contribution in [3.05, 3.63) is 34.9 Å². The first kappa shape index (κ1) is 24.9. The summed E-state index contributed by atoms with van der Waals surface area (Å²) in [4.78, 5) is 35.0. The van der Waals surface area contributed by atoms with Gasteiger partial charge < -0.3 is 20.0 Å². The summed E-state index contributed by atoms with van der Waals surface area (Å²) >= 11 is 5.78. The predicted octanol–water partition coefficient (Wildman–Crippen LogP) is -0.702. The van der Waals surface area contributed by atoms with Gasteiger partial charge in [0.1, 0.15) is 0 Å². The SMILES string of the molecule is CC(OC(=O)NCCC(C(=O)[O-])c1ccc(Cl)cc1)C(=O)C(C)(C)C.[Na+]. The molecule has 0 spiro atoms. The van der Waals surface area contributed by atoms with Crippen LogP contribution in [0.15, 0.2) is 24.3 Å². The number of carboxylic acids is 1. The molecule has 0 fully saturated rings. The van der Waals surface area contributed by atoms with Gasteiger partial charge in [0.2, 0.25) is 0 Å². The van der Waals surface area contributed by atoms with Crippen LogP contribution in [0.2, 0.25) is 5.02 Å². The minimum Gasteiger partial charge on any atom is -0.549 e. The van der Waals surface area contributed by atoms with E-state index in [0.717, 1.165) is 0 Å². The van der Waals surface area contributed by atoms with E-state index in [1.165, 1.54) is 6.92 Å². The second-order valence-corrected chi connectivity index (χ2v) is 7.24. The molecule has 26 heavy (non-hydrogen) atoms. The van der Waals surface area contributed by atoms with E-state index in [0.29, 0.717) is 10.6 Å². The molecule has 0 radical (unpaired) electrons. The van der Waals surface area contributed by atoms with Crippen molar-refractivity contribution in [1.82, 2.24) is 5.32 Å². The zero-order valence-electron chi connectivity index (χ0n) is 15.8. The zero-order chi connectivity index (χ0) is 19.2. The van der Waals surface area contributed by atoms with E-state index in [4.69, 9.17) is 16.3 Å². The molecule has 138 valence electrons. The Labute approximate surface area is 180 Å². The number of Topliss-reactive ketones (excluding diaryl/α,β-unsaturated/α-hetero) is 1. The molecular weight excluding hydrogens is 369 g/mol. The normalized spacial score (nSPS) is 13.1. The van der Waals surface area contributed by atoms with Gasteiger partial charge in [-0.2, -0.15) is 0 Å². The number of carbonyl (C=O) groups excluding carboxylic acids is 3. The van der Waals surface area contributed by atoms with Crippen molar-refractivity contribution >= 4 is 29.4 Å². The summed E-state index contributed by atoms with van der Waals surface area (Å²) in [5.74, 6) is -2.32. The maximum atomic E-state index is 12.0. The van der Waals surface area contributed by atoms with Gasteiger partial charge in [-0.05, 0) is 31.0 Å². The Bertz CT molecular complexity index is 627. The van der Waals surface area contributed by atoms with Crippen molar-refractivity contribution in [2.75, 3.05) is 6.54 Å². The average Bonchev–Trinajstić information content (AvgIpc) is 2.50. The van der Waals surface area contributed by atoms with Crippen LogP contribution in [0.4, 0.5) is 4.79 Å². The van der Waals surface area contributed by atoms with Gasteiger partial charge in [0.25, 0.3) is 0 Å². The zero-order valence-corrected chi connectivity index (χ0v) is 18.6. The Morgan fingerprint density at radius 3 is 2.19 bits per heavy atom. The van der Waals surface area contributed by atoms with E-state index in [-0.39, 0.29) is 48.3 Å². The van der Waals surface area contributed by atoms with Crippen LogP contribution in [0.5, 0.6) is 0 Å². The second kappa shape index (κ2) is 10.9. The third-order valence-electron chi connectivity index (χ3n) is 3.65. The van der Waals surface area contributed by atoms with Crippen LogP contribution in [0.3, 0.4) is 0 Å². The summed E-state index contributed by atoms with van der Waals surface area (Å²) in [6, 6.07) is 6.39. The molecule has 1 aromatic carbocycles. The number of alkyl carbamates (subject to hydrolysis) is 1. The van der Waals surface area contributed by atoms with Crippen LogP contribution in [0.25, 0.3) is 0 Å². The van der Waals surface area contributed by atoms with Gasteiger partial charge in [-0.1, -0.05) is 44.5 Å². The molecule has 0 bridgehead atoms. The topological polar surface area (TPSA) is 95.5 Å². The molecule has 2 unspecified atom stereocenters. The molecule has 0 aliphatic rings. The number of rotatable bonds is 7. The number of ether oxygens (including phenoxy) is 1. The standard InChI is InChI=1S/C18H24ClNO5.Na/c1-11(15(21)18(2,3)4)25-17(24)20-10-9-14(16(22)23)12-5-7-13(19)8-6-12;/h5-8,11,14H,9-10H2,1-4H3,(H,20,24)(H,22,23);/q;+1/p-1. The first-order valence-corrected chi connectivity index (χ1v) is 8.35. The van der Waals surface area contributed by atoms with E-state index in [1.54, 1.807) is 45.0 Å². The number of hydrogen-bond donors (Lipinski definition) is 1. The Morgan fingerprint density at radius 1 is 1.19 bits per heavy atom. The summed E-state index contributed by atoms with van der Waals surface area (Å²) < 4.78 is 5.02. The number of halogens is 1. The number of aliphatic carboxylic acids is 1. The van der Waals surface area contributed by atoms with Crippen molar-refractivity contribution in [2.45, 2.75) is 46.1 Å². The van der Waals surface area contributed by atoms with Crippen LogP contribution < -0.4 is 40.0 Å². The molecular formula is C18H23ClNNaO5. The van der Waals surface area contributed by atoms with Crippen molar-refractivity contribution in [3.8, 4) is 0 Å². The molecule has 1 rings (SSSR count). The molecule has 0 saturated carbocycles. The largest absolute Gasteiger partial charge is 1.00 e. The van der Waals surface area contributed by atoms with Gasteiger partial charge in [-0.15, -0.1) is 0 Å². The fourth-order valence-corrected chi connectivity index (χ4v) is 2.43. The van der Waals surface area contributed by atoms with Crippen molar-refractivity contribution in [3.63, 3.8) is 0 Å². The molecule has 0 aliphatic heterocycles. The number of nitrogens with one attached hydrogen (secondary N) is 1. The number of benzene rings is 1. The molecule has 0 saturated heterocycles. The van der Waals surface area contributed by atoms with E-state index in [2.05, 4.69) is 5.32 Å². The number of ketones is 1. The number of hydrogen-bond acceptors (Lipinski definition) is 5. The molecule has 8 heteroatoms. The molecule has 2 atom stereocenters. The minimum absolute atomic E-state index is 0. The van der Waals surface area contributed by atoms with Crippen molar-refractivity contribution in [2.24, 2.45) is 5.41 Å². The Morgan fingerprint density at radius 2 is 1.73 bits per heavy atom. The van der Waals surface area contributed by atoms with Crippen LogP contribution in [-0.4, -0.2) is 30.5 Å². The minimum atomic E-state index is -1.24. The summed E-state index contributed by atoms with van der Waals surface area (Å²) in [7, 11) is 0. The Kier molecular flexibility index (Phi) is 10.5. The van der Waals surface area contributed by atoms with Gasteiger partial charge >= 0.3 is 35.7 Å². The van der Waals surface area contributed by atoms with Crippen LogP contribution >= 0.6 is 11.6 Å². The van der Waals surface area contributed by atoms with Gasteiger partial charge in [0.05, 0.1) is 0 Å². The number of carbonyl (C=O) groups is 3. The van der Waals surface area contributed by atoms with Crippen molar-refractivity contribution < 1.29 is 53.8 Å². The van der Waals surface area contributed by atoms with Crippen LogP contribution in [0.1, 0.15) is 45.6 Å². The number of amides is 1. The van der Waals surface area contributed by atoms with Crippen molar-refractivity contribution in [1.29, 1.82) is 0 Å². The third-order valence-corrected chi connectivity index (χ3v) is 3.90. The van der Waals surface area contributed by atoms with Gasteiger partial charge in [0, 0.05) is 28.9 Å². The third kappa shape index (κ3) is 8.08. The Hall–Kier alpha value is -1.08. The first-order chi connectivity index (χ1) is 11.5. The summed E-state index contributed by atoms with van der Waals surface area (Å²) in [5, 5.41) is 14.3. The smallest absolute Gasteiger partial charge is 0.549 e. The fourth-order valence-electron chi connectivity index (χ4n) is 2.30. The molecule has 1 N–H and O–H groups in total. The molecule has 0 aliphatic carbocycles. The van der Waals surface area contributed by atoms with E-state index in [1.807, 2.05) is 0 Å². The predicted molar refractivity (Wildman–Crippen MR) is 92.2 cm³/mol. The summed E-state index contributed by atoms with van der Waals surface area (Å²) in [6.07, 6.45) is -1.52. The molecule has 6 nitrogen and oxygen atoms in total. The summed E-state index contributed by atoms with van der Waals surface area (Å²) in [6.45, 7) is 6.79. The average molecular weight is 392 g/mol. The first-order valence-electron chi connectivity index (χ1n) is 7.97. The fraction of sp³-hybridized carbons (Fsp3) is 0.500. The maximum absolute atomic E-state index is 12.0. The van der Waals surface area contributed by atoms with Gasteiger partial charge in [-0.3, -0.25) is 4.79 Å². The van der Waals surface area contributed by atoms with Crippen LogP contribution in [-0.2, 0) is 14.3 Å². The van der Waals surface area contributed by atoms with Crippen LogP contribution in [0, 0.1) is 5.41 Å². The van der Waals surface area contributed by atoms with E-state index in [9.17, 15) is 19.5 Å². The maximum Gasteiger partial charge on any atom is 1.00 e.